The number of imidazole rings is 1. The average Bonchev–Trinajstić information content (AvgIpc) is 3.20. The van der Waals surface area contributed by atoms with Gasteiger partial charge in [0.1, 0.15) is 11.8 Å². The Kier molecular flexibility index (Phi) is 5.70. The van der Waals surface area contributed by atoms with E-state index >= 15 is 0 Å². The molecule has 0 fully saturated rings. The van der Waals surface area contributed by atoms with Crippen LogP contribution in [-0.4, -0.2) is 19.5 Å². The second kappa shape index (κ2) is 9.10. The topological polar surface area (TPSA) is 92.8 Å². The summed E-state index contributed by atoms with van der Waals surface area (Å²) in [6.45, 7) is 1.56. The van der Waals surface area contributed by atoms with Gasteiger partial charge >= 0.3 is 5.69 Å². The first kappa shape index (κ1) is 20.7. The Morgan fingerprint density at radius 3 is 2.24 bits per heavy atom. The molecule has 0 atom stereocenters. The molecule has 163 valence electrons. The number of benzene rings is 3. The molecule has 0 aliphatic carbocycles. The fourth-order valence-corrected chi connectivity index (χ4v) is 4.02. The maximum atomic E-state index is 13.1. The summed E-state index contributed by atoms with van der Waals surface area (Å²) in [5.41, 5.74) is 10.5. The van der Waals surface area contributed by atoms with Gasteiger partial charge in [0.05, 0.1) is 5.69 Å². The number of nitrogens with two attached hydrogens (primary N) is 1. The number of aromatic amines is 1. The molecule has 33 heavy (non-hydrogen) atoms. The zero-order valence-electron chi connectivity index (χ0n) is 18.0. The summed E-state index contributed by atoms with van der Waals surface area (Å²) in [6.07, 6.45) is 1.50. The van der Waals surface area contributed by atoms with Gasteiger partial charge in [0.2, 0.25) is 0 Å². The molecule has 0 bridgehead atoms. The molecular formula is C26H23N6O. The van der Waals surface area contributed by atoms with Crippen molar-refractivity contribution in [3.05, 3.63) is 118 Å². The van der Waals surface area contributed by atoms with Crippen molar-refractivity contribution in [2.24, 2.45) is 5.73 Å². The summed E-state index contributed by atoms with van der Waals surface area (Å²) in [6, 6.07) is 28.8. The van der Waals surface area contributed by atoms with Crippen LogP contribution in [-0.2, 0) is 19.6 Å². The van der Waals surface area contributed by atoms with Crippen LogP contribution in [0.4, 0.5) is 5.82 Å². The predicted molar refractivity (Wildman–Crippen MR) is 129 cm³/mol. The van der Waals surface area contributed by atoms with Gasteiger partial charge in [0, 0.05) is 19.6 Å². The van der Waals surface area contributed by atoms with Crippen LogP contribution in [0.1, 0.15) is 16.7 Å². The quantitative estimate of drug-likeness (QED) is 0.408. The van der Waals surface area contributed by atoms with Crippen molar-refractivity contribution in [3.8, 4) is 5.69 Å². The lowest BCUT2D eigenvalue weighted by atomic mass is 10.1. The van der Waals surface area contributed by atoms with Gasteiger partial charge in [0.25, 0.3) is 0 Å². The molecule has 0 aliphatic heterocycles. The number of nitrogens with one attached hydrogen (secondary N) is 1. The van der Waals surface area contributed by atoms with E-state index in [0.29, 0.717) is 42.3 Å². The number of fused-ring (bicyclic) bond motifs is 1. The third-order valence-corrected chi connectivity index (χ3v) is 5.58. The molecule has 3 N–H and O–H groups in total. The zero-order valence-corrected chi connectivity index (χ0v) is 18.0. The standard InChI is InChI=1S/C26H23N6O/c27-15-21-13-7-8-14-22(21)32-25-23(30-26(32)33)24(28-18-29-25)31(16-19-9-3-1-4-10-19)17-20-11-5-2-6-12-20/h1-7,9-14,18H,15-17,27H2,(H,30,33). The van der Waals surface area contributed by atoms with Crippen molar-refractivity contribution in [1.29, 1.82) is 0 Å². The minimum Gasteiger partial charge on any atom is -0.346 e. The van der Waals surface area contributed by atoms with Crippen molar-refractivity contribution in [1.82, 2.24) is 19.5 Å². The van der Waals surface area contributed by atoms with E-state index in [1.165, 1.54) is 6.33 Å². The van der Waals surface area contributed by atoms with Crippen LogP contribution in [0.5, 0.6) is 0 Å². The van der Waals surface area contributed by atoms with E-state index < -0.39 is 0 Å². The molecule has 5 aromatic rings. The van der Waals surface area contributed by atoms with Gasteiger partial charge in [-0.2, -0.15) is 0 Å². The lowest BCUT2D eigenvalue weighted by Gasteiger charge is -2.24. The Bertz CT molecular complexity index is 1380. The number of hydrogen-bond donors (Lipinski definition) is 2. The minimum absolute atomic E-state index is 0.291. The van der Waals surface area contributed by atoms with E-state index in [1.54, 1.807) is 16.7 Å². The van der Waals surface area contributed by atoms with Crippen molar-refractivity contribution in [2.45, 2.75) is 19.6 Å². The van der Waals surface area contributed by atoms with E-state index in [0.717, 1.165) is 16.7 Å². The molecule has 3 aromatic carbocycles. The Hall–Kier alpha value is -4.23. The molecule has 7 heteroatoms. The van der Waals surface area contributed by atoms with E-state index in [4.69, 9.17) is 5.73 Å². The van der Waals surface area contributed by atoms with Gasteiger partial charge in [-0.1, -0.05) is 72.8 Å². The van der Waals surface area contributed by atoms with E-state index in [2.05, 4.69) is 50.2 Å². The highest BCUT2D eigenvalue weighted by Gasteiger charge is 2.20. The predicted octanol–water partition coefficient (Wildman–Crippen LogP) is 3.57. The normalized spacial score (nSPS) is 11.1. The van der Waals surface area contributed by atoms with Crippen LogP contribution in [0.3, 0.4) is 0 Å². The van der Waals surface area contributed by atoms with Crippen LogP contribution in [0.15, 0.2) is 90.0 Å². The van der Waals surface area contributed by atoms with Crippen LogP contribution < -0.4 is 16.3 Å². The monoisotopic (exact) mass is 435 g/mol. The van der Waals surface area contributed by atoms with Gasteiger partial charge in [0.15, 0.2) is 11.5 Å². The van der Waals surface area contributed by atoms with E-state index in [1.807, 2.05) is 42.5 Å². The Labute approximate surface area is 191 Å². The van der Waals surface area contributed by atoms with Crippen LogP contribution in [0.25, 0.3) is 16.9 Å². The maximum absolute atomic E-state index is 13.1. The molecule has 2 heterocycles. The SMILES string of the molecule is NCc1cc[c]cc1-n1c(=O)[nH]c2c(N(Cc3ccccc3)Cc3ccccc3)ncnc21. The maximum Gasteiger partial charge on any atom is 0.332 e. The summed E-state index contributed by atoms with van der Waals surface area (Å²) in [7, 11) is 0. The summed E-state index contributed by atoms with van der Waals surface area (Å²) in [5.74, 6) is 0.665. The minimum atomic E-state index is -0.291. The van der Waals surface area contributed by atoms with Crippen LogP contribution in [0, 0.1) is 6.07 Å². The molecule has 0 saturated heterocycles. The summed E-state index contributed by atoms with van der Waals surface area (Å²) in [4.78, 5) is 27.2. The average molecular weight is 436 g/mol. The number of nitrogens with zero attached hydrogens (tertiary/aromatic N) is 4. The molecular weight excluding hydrogens is 412 g/mol. The molecule has 1 radical (unpaired) electrons. The van der Waals surface area contributed by atoms with Crippen LogP contribution in [0.2, 0.25) is 0 Å². The van der Waals surface area contributed by atoms with Gasteiger partial charge in [-0.3, -0.25) is 0 Å². The first-order chi connectivity index (χ1) is 16.2. The summed E-state index contributed by atoms with van der Waals surface area (Å²) >= 11 is 0. The summed E-state index contributed by atoms with van der Waals surface area (Å²) in [5, 5.41) is 0. The van der Waals surface area contributed by atoms with Gasteiger partial charge in [-0.05, 0) is 28.8 Å². The van der Waals surface area contributed by atoms with Gasteiger partial charge < -0.3 is 15.6 Å². The van der Waals surface area contributed by atoms with Crippen molar-refractivity contribution >= 4 is 17.0 Å². The highest BCUT2D eigenvalue weighted by Crippen LogP contribution is 2.26. The highest BCUT2D eigenvalue weighted by molar-refractivity contribution is 5.84. The van der Waals surface area contributed by atoms with Crippen molar-refractivity contribution in [3.63, 3.8) is 0 Å². The Morgan fingerprint density at radius 2 is 1.61 bits per heavy atom. The Morgan fingerprint density at radius 1 is 0.939 bits per heavy atom. The molecule has 0 aliphatic rings. The number of rotatable bonds is 7. The third kappa shape index (κ3) is 4.14. The second-order valence-electron chi connectivity index (χ2n) is 7.75. The largest absolute Gasteiger partial charge is 0.346 e. The van der Waals surface area contributed by atoms with E-state index in [-0.39, 0.29) is 5.69 Å². The van der Waals surface area contributed by atoms with Gasteiger partial charge in [-0.15, -0.1) is 0 Å². The summed E-state index contributed by atoms with van der Waals surface area (Å²) < 4.78 is 1.54. The third-order valence-electron chi connectivity index (χ3n) is 5.58. The number of aromatic nitrogens is 4. The van der Waals surface area contributed by atoms with Crippen molar-refractivity contribution < 1.29 is 0 Å². The fourth-order valence-electron chi connectivity index (χ4n) is 4.02. The van der Waals surface area contributed by atoms with Gasteiger partial charge in [-0.25, -0.2) is 19.3 Å². The molecule has 0 unspecified atom stereocenters. The van der Waals surface area contributed by atoms with Crippen molar-refractivity contribution in [2.75, 3.05) is 4.90 Å². The highest BCUT2D eigenvalue weighted by atomic mass is 16.1. The molecule has 7 nitrogen and oxygen atoms in total. The first-order valence-corrected chi connectivity index (χ1v) is 10.7. The number of anilines is 1. The smallest absolute Gasteiger partial charge is 0.332 e. The zero-order chi connectivity index (χ0) is 22.6. The molecule has 0 saturated carbocycles. The Balaban J connectivity index is 1.65. The lowest BCUT2D eigenvalue weighted by Crippen LogP contribution is -2.23. The van der Waals surface area contributed by atoms with Crippen LogP contribution >= 0.6 is 0 Å². The molecule has 0 amide bonds. The molecule has 2 aromatic heterocycles. The molecule has 0 spiro atoms. The second-order valence-corrected chi connectivity index (χ2v) is 7.75. The number of hydrogen-bond acceptors (Lipinski definition) is 5. The number of H-pyrrole nitrogens is 1. The fraction of sp³-hybridized carbons (Fsp3) is 0.115. The van der Waals surface area contributed by atoms with E-state index in [9.17, 15) is 4.79 Å². The lowest BCUT2D eigenvalue weighted by molar-refractivity contribution is 0.785. The molecule has 5 rings (SSSR count). The first-order valence-electron chi connectivity index (χ1n) is 10.7.